The van der Waals surface area contributed by atoms with Gasteiger partial charge >= 0.3 is 0 Å². The lowest BCUT2D eigenvalue weighted by Gasteiger charge is -2.06. The van der Waals surface area contributed by atoms with Crippen molar-refractivity contribution in [1.29, 1.82) is 0 Å². The van der Waals surface area contributed by atoms with E-state index in [-0.39, 0.29) is 12.3 Å². The number of benzene rings is 1. The molecule has 1 aromatic heterocycles. The molecule has 0 aliphatic carbocycles. The highest BCUT2D eigenvalue weighted by Crippen LogP contribution is 2.15. The normalized spacial score (nSPS) is 10.6. The minimum atomic E-state index is -0.489. The van der Waals surface area contributed by atoms with Gasteiger partial charge in [0.25, 0.3) is 11.6 Å². The number of nitro benzene ring substituents is 1. The molecule has 1 heterocycles. The van der Waals surface area contributed by atoms with Crippen LogP contribution in [0.4, 0.5) is 5.69 Å². The Morgan fingerprint density at radius 3 is 2.76 bits per heavy atom. The summed E-state index contributed by atoms with van der Waals surface area (Å²) < 4.78 is 5.31. The van der Waals surface area contributed by atoms with Crippen molar-refractivity contribution in [1.82, 2.24) is 15.4 Å². The first kappa shape index (κ1) is 18.3. The van der Waals surface area contributed by atoms with E-state index in [4.69, 9.17) is 4.74 Å². The van der Waals surface area contributed by atoms with Gasteiger partial charge in [0, 0.05) is 23.9 Å². The fraction of sp³-hybridized carbons (Fsp3) is 0.200. The highest BCUT2D eigenvalue weighted by atomic mass is 32.2. The van der Waals surface area contributed by atoms with Crippen LogP contribution in [-0.4, -0.2) is 39.9 Å². The zero-order valence-corrected chi connectivity index (χ0v) is 14.3. The quantitative estimate of drug-likeness (QED) is 0.263. The van der Waals surface area contributed by atoms with Crippen molar-refractivity contribution < 1.29 is 14.5 Å². The lowest BCUT2D eigenvalue weighted by molar-refractivity contribution is -0.384. The summed E-state index contributed by atoms with van der Waals surface area (Å²) in [5, 5.41) is 14.9. The van der Waals surface area contributed by atoms with Gasteiger partial charge in [-0.25, -0.2) is 10.4 Å². The van der Waals surface area contributed by atoms with Gasteiger partial charge in [-0.15, -0.1) is 0 Å². The van der Waals surface area contributed by atoms with Gasteiger partial charge in [0.1, 0.15) is 0 Å². The summed E-state index contributed by atoms with van der Waals surface area (Å²) in [4.78, 5) is 30.1. The van der Waals surface area contributed by atoms with Crippen LogP contribution >= 0.6 is 11.8 Å². The highest BCUT2D eigenvalue weighted by molar-refractivity contribution is 7.98. The molecule has 0 atom stereocenters. The van der Waals surface area contributed by atoms with Crippen molar-refractivity contribution in [3.05, 3.63) is 51.7 Å². The fourth-order valence-corrected chi connectivity index (χ4v) is 2.13. The molecule has 2 rings (SSSR count). The number of aryl methyl sites for hydroxylation is 1. The molecule has 2 aromatic rings. The molecule has 0 spiro atoms. The van der Waals surface area contributed by atoms with E-state index in [2.05, 4.69) is 20.5 Å². The van der Waals surface area contributed by atoms with Gasteiger partial charge in [0.15, 0.2) is 11.8 Å². The number of rotatable bonds is 7. The summed E-state index contributed by atoms with van der Waals surface area (Å²) in [6.07, 6.45) is 3.22. The number of carbonyl (C=O) groups is 1. The molecule has 10 heteroatoms. The molecule has 1 aromatic carbocycles. The second-order valence-corrected chi connectivity index (χ2v) is 5.54. The molecule has 0 fully saturated rings. The molecule has 9 nitrogen and oxygen atoms in total. The summed E-state index contributed by atoms with van der Waals surface area (Å²) in [7, 11) is 0. The number of nitro groups is 1. The molecule has 0 saturated heterocycles. The van der Waals surface area contributed by atoms with Gasteiger partial charge in [-0.05, 0) is 30.9 Å². The first-order valence-corrected chi connectivity index (χ1v) is 8.29. The van der Waals surface area contributed by atoms with E-state index in [1.165, 1.54) is 42.2 Å². The lowest BCUT2D eigenvalue weighted by Crippen LogP contribution is -2.24. The van der Waals surface area contributed by atoms with Gasteiger partial charge in [-0.3, -0.25) is 14.9 Å². The average Bonchev–Trinajstić information content (AvgIpc) is 2.60. The number of hydrazone groups is 1. The van der Waals surface area contributed by atoms with E-state index in [1.54, 1.807) is 6.07 Å². The Bertz CT molecular complexity index is 795. The number of hydrogen-bond donors (Lipinski definition) is 1. The van der Waals surface area contributed by atoms with Crippen LogP contribution in [0, 0.1) is 17.0 Å². The molecule has 0 saturated carbocycles. The van der Waals surface area contributed by atoms with Crippen LogP contribution in [0.3, 0.4) is 0 Å². The number of thioether (sulfide) groups is 1. The predicted molar refractivity (Wildman–Crippen MR) is 92.9 cm³/mol. The van der Waals surface area contributed by atoms with E-state index in [9.17, 15) is 14.9 Å². The van der Waals surface area contributed by atoms with Crippen molar-refractivity contribution >= 4 is 29.6 Å². The first-order valence-electron chi connectivity index (χ1n) is 7.07. The highest BCUT2D eigenvalue weighted by Gasteiger charge is 2.06. The van der Waals surface area contributed by atoms with E-state index in [0.717, 1.165) is 5.69 Å². The van der Waals surface area contributed by atoms with E-state index in [1.807, 2.05) is 13.2 Å². The van der Waals surface area contributed by atoms with Gasteiger partial charge in [0.05, 0.1) is 11.1 Å². The van der Waals surface area contributed by atoms with Gasteiger partial charge in [-0.2, -0.15) is 10.1 Å². The summed E-state index contributed by atoms with van der Waals surface area (Å²) in [6, 6.07) is 7.39. The maximum atomic E-state index is 11.7. The molecule has 130 valence electrons. The summed E-state index contributed by atoms with van der Waals surface area (Å²) in [5.41, 5.74) is 3.65. The maximum absolute atomic E-state index is 11.7. The van der Waals surface area contributed by atoms with Crippen LogP contribution < -0.4 is 10.2 Å². The zero-order chi connectivity index (χ0) is 18.2. The molecule has 0 bridgehead atoms. The van der Waals surface area contributed by atoms with Crippen molar-refractivity contribution in [3.8, 4) is 5.88 Å². The number of ether oxygens (including phenoxy) is 1. The van der Waals surface area contributed by atoms with E-state index >= 15 is 0 Å². The Balaban J connectivity index is 1.84. The van der Waals surface area contributed by atoms with Crippen LogP contribution in [0.25, 0.3) is 0 Å². The number of carbonyl (C=O) groups excluding carboxylic acids is 1. The van der Waals surface area contributed by atoms with E-state index in [0.29, 0.717) is 16.6 Å². The SMILES string of the molecule is CSc1nc(C)cc(OCC(=O)N/N=C\c2ccc([N+](=O)[O-])cc2)n1. The average molecular weight is 361 g/mol. The molecule has 1 amide bonds. The Labute approximate surface area is 147 Å². The number of nitrogens with zero attached hydrogens (tertiary/aromatic N) is 4. The second kappa shape index (κ2) is 8.73. The van der Waals surface area contributed by atoms with Crippen LogP contribution in [0.5, 0.6) is 5.88 Å². The minimum Gasteiger partial charge on any atom is -0.467 e. The van der Waals surface area contributed by atoms with E-state index < -0.39 is 10.8 Å². The summed E-state index contributed by atoms with van der Waals surface area (Å²) in [6.45, 7) is 1.56. The standard InChI is InChI=1S/C15H15N5O4S/c1-10-7-14(18-15(17-10)25-2)24-9-13(21)19-16-8-11-3-5-12(6-4-11)20(22)23/h3-8H,9H2,1-2H3,(H,19,21)/b16-8-. The topological polar surface area (TPSA) is 120 Å². The molecule has 0 unspecified atom stereocenters. The van der Waals surface area contributed by atoms with Gasteiger partial charge < -0.3 is 4.74 Å². The Kier molecular flexibility index (Phi) is 6.40. The number of aromatic nitrogens is 2. The molecular formula is C15H15N5O4S. The number of non-ortho nitro benzene ring substituents is 1. The largest absolute Gasteiger partial charge is 0.467 e. The minimum absolute atomic E-state index is 0.0145. The number of amides is 1. The molecule has 25 heavy (non-hydrogen) atoms. The molecule has 0 radical (unpaired) electrons. The summed E-state index contributed by atoms with van der Waals surface area (Å²) in [5.74, 6) is -0.147. The van der Waals surface area contributed by atoms with Crippen molar-refractivity contribution in [2.75, 3.05) is 12.9 Å². The maximum Gasteiger partial charge on any atom is 0.278 e. The molecule has 0 aliphatic rings. The third-order valence-corrected chi connectivity index (χ3v) is 3.40. The van der Waals surface area contributed by atoms with Gasteiger partial charge in [0.2, 0.25) is 5.88 Å². The second-order valence-electron chi connectivity index (χ2n) is 4.76. The van der Waals surface area contributed by atoms with Crippen LogP contribution in [0.1, 0.15) is 11.3 Å². The molecule has 1 N–H and O–H groups in total. The Hall–Kier alpha value is -3.01. The fourth-order valence-electron chi connectivity index (χ4n) is 1.71. The van der Waals surface area contributed by atoms with Crippen molar-refractivity contribution in [2.24, 2.45) is 5.10 Å². The van der Waals surface area contributed by atoms with Crippen LogP contribution in [-0.2, 0) is 4.79 Å². The first-order chi connectivity index (χ1) is 12.0. The number of nitrogens with one attached hydrogen (secondary N) is 1. The van der Waals surface area contributed by atoms with Crippen molar-refractivity contribution in [2.45, 2.75) is 12.1 Å². The molecule has 0 aliphatic heterocycles. The smallest absolute Gasteiger partial charge is 0.278 e. The summed E-state index contributed by atoms with van der Waals surface area (Å²) >= 11 is 1.38. The van der Waals surface area contributed by atoms with Gasteiger partial charge in [-0.1, -0.05) is 11.8 Å². The third kappa shape index (κ3) is 5.84. The predicted octanol–water partition coefficient (Wildman–Crippen LogP) is 1.94. The van der Waals surface area contributed by atoms with Crippen LogP contribution in [0.15, 0.2) is 40.6 Å². The van der Waals surface area contributed by atoms with Crippen molar-refractivity contribution in [3.63, 3.8) is 0 Å². The lowest BCUT2D eigenvalue weighted by atomic mass is 10.2. The monoisotopic (exact) mass is 361 g/mol. The zero-order valence-electron chi connectivity index (χ0n) is 13.5. The Morgan fingerprint density at radius 2 is 2.12 bits per heavy atom. The molecular weight excluding hydrogens is 346 g/mol. The third-order valence-electron chi connectivity index (χ3n) is 2.85. The van der Waals surface area contributed by atoms with Crippen LogP contribution in [0.2, 0.25) is 0 Å². The number of hydrogen-bond acceptors (Lipinski definition) is 8. The Morgan fingerprint density at radius 1 is 1.40 bits per heavy atom.